The molecule has 0 saturated carbocycles. The highest BCUT2D eigenvalue weighted by atomic mass is 16.5. The van der Waals surface area contributed by atoms with Gasteiger partial charge in [0.05, 0.1) is 19.3 Å². The van der Waals surface area contributed by atoms with Crippen molar-refractivity contribution in [3.05, 3.63) is 65.9 Å². The SMILES string of the molecule is COc1cccc(CNC(=O)C(C)C(=O)NC(Cc2coc3ccccc23)B(O)O)c1. The van der Waals surface area contributed by atoms with Crippen molar-refractivity contribution in [2.24, 2.45) is 5.92 Å². The second-order valence-corrected chi connectivity index (χ2v) is 7.28. The number of carbonyl (C=O) groups is 2. The van der Waals surface area contributed by atoms with Crippen LogP contribution in [0.25, 0.3) is 11.0 Å². The normalized spacial score (nSPS) is 12.8. The van der Waals surface area contributed by atoms with Crippen molar-refractivity contribution in [3.8, 4) is 5.75 Å². The molecule has 3 aromatic rings. The Morgan fingerprint density at radius 3 is 2.65 bits per heavy atom. The molecule has 0 bridgehead atoms. The quantitative estimate of drug-likeness (QED) is 0.305. The van der Waals surface area contributed by atoms with Crippen LogP contribution in [0.2, 0.25) is 0 Å². The number of furan rings is 1. The first-order valence-corrected chi connectivity index (χ1v) is 9.91. The van der Waals surface area contributed by atoms with Crippen LogP contribution in [0.15, 0.2) is 59.2 Å². The summed E-state index contributed by atoms with van der Waals surface area (Å²) in [5, 5.41) is 25.6. The second kappa shape index (κ2) is 10.1. The lowest BCUT2D eigenvalue weighted by molar-refractivity contribution is -0.134. The summed E-state index contributed by atoms with van der Waals surface area (Å²) in [4.78, 5) is 25.0. The van der Waals surface area contributed by atoms with E-state index >= 15 is 0 Å². The molecule has 4 N–H and O–H groups in total. The maximum atomic E-state index is 12.6. The van der Waals surface area contributed by atoms with E-state index in [9.17, 15) is 19.6 Å². The van der Waals surface area contributed by atoms with Gasteiger partial charge in [-0.15, -0.1) is 0 Å². The van der Waals surface area contributed by atoms with E-state index < -0.39 is 30.8 Å². The fourth-order valence-corrected chi connectivity index (χ4v) is 3.21. The molecule has 0 radical (unpaired) electrons. The van der Waals surface area contributed by atoms with Crippen molar-refractivity contribution < 1.29 is 28.8 Å². The van der Waals surface area contributed by atoms with Crippen LogP contribution >= 0.6 is 0 Å². The maximum absolute atomic E-state index is 12.6. The van der Waals surface area contributed by atoms with Gasteiger partial charge >= 0.3 is 7.12 Å². The Kier molecular flexibility index (Phi) is 7.33. The third-order valence-corrected chi connectivity index (χ3v) is 5.08. The summed E-state index contributed by atoms with van der Waals surface area (Å²) in [6, 6.07) is 14.6. The van der Waals surface area contributed by atoms with Crippen LogP contribution in [-0.4, -0.2) is 42.0 Å². The Morgan fingerprint density at radius 2 is 1.90 bits per heavy atom. The number of fused-ring (bicyclic) bond motifs is 1. The maximum Gasteiger partial charge on any atom is 0.475 e. The number of nitrogens with one attached hydrogen (secondary N) is 2. The highest BCUT2D eigenvalue weighted by Gasteiger charge is 2.30. The smallest absolute Gasteiger partial charge is 0.475 e. The van der Waals surface area contributed by atoms with Crippen molar-refractivity contribution in [1.29, 1.82) is 0 Å². The Labute approximate surface area is 180 Å². The zero-order valence-corrected chi connectivity index (χ0v) is 17.4. The van der Waals surface area contributed by atoms with Crippen molar-refractivity contribution in [3.63, 3.8) is 0 Å². The van der Waals surface area contributed by atoms with Gasteiger partial charge in [-0.2, -0.15) is 0 Å². The van der Waals surface area contributed by atoms with Crippen molar-refractivity contribution in [1.82, 2.24) is 10.6 Å². The Morgan fingerprint density at radius 1 is 1.13 bits per heavy atom. The van der Waals surface area contributed by atoms with Gasteiger partial charge in [-0.05, 0) is 42.7 Å². The van der Waals surface area contributed by atoms with E-state index in [4.69, 9.17) is 9.15 Å². The highest BCUT2D eigenvalue weighted by Crippen LogP contribution is 2.22. The van der Waals surface area contributed by atoms with Gasteiger partial charge in [-0.25, -0.2) is 0 Å². The Bertz CT molecular complexity index is 1050. The number of para-hydroxylation sites is 1. The highest BCUT2D eigenvalue weighted by molar-refractivity contribution is 6.43. The summed E-state index contributed by atoms with van der Waals surface area (Å²) in [7, 11) is -0.243. The summed E-state index contributed by atoms with van der Waals surface area (Å²) in [6.45, 7) is 1.70. The van der Waals surface area contributed by atoms with Gasteiger partial charge in [0.1, 0.15) is 17.3 Å². The van der Waals surface area contributed by atoms with Crippen LogP contribution in [0.5, 0.6) is 5.75 Å². The second-order valence-electron chi connectivity index (χ2n) is 7.28. The number of benzene rings is 2. The number of rotatable bonds is 9. The van der Waals surface area contributed by atoms with E-state index in [1.165, 1.54) is 13.2 Å². The Balaban J connectivity index is 1.59. The number of hydrogen-bond acceptors (Lipinski definition) is 6. The number of ether oxygens (including phenoxy) is 1. The molecule has 0 fully saturated rings. The van der Waals surface area contributed by atoms with Crippen LogP contribution in [0.1, 0.15) is 18.1 Å². The summed E-state index contributed by atoms with van der Waals surface area (Å²) in [6.07, 6.45) is 1.66. The van der Waals surface area contributed by atoms with Crippen LogP contribution in [0, 0.1) is 5.92 Å². The fourth-order valence-electron chi connectivity index (χ4n) is 3.21. The lowest BCUT2D eigenvalue weighted by atomic mass is 9.75. The van der Waals surface area contributed by atoms with Gasteiger partial charge in [0.15, 0.2) is 0 Å². The molecule has 0 aliphatic heterocycles. The number of methoxy groups -OCH3 is 1. The van der Waals surface area contributed by atoms with Crippen molar-refractivity contribution in [2.75, 3.05) is 7.11 Å². The molecule has 3 rings (SSSR count). The predicted molar refractivity (Wildman–Crippen MR) is 116 cm³/mol. The monoisotopic (exact) mass is 424 g/mol. The molecule has 9 heteroatoms. The van der Waals surface area contributed by atoms with Gasteiger partial charge in [0.25, 0.3) is 0 Å². The van der Waals surface area contributed by atoms with Gasteiger partial charge < -0.3 is 29.8 Å². The molecule has 1 aromatic heterocycles. The standard InChI is InChI=1S/C22H25BN2O6/c1-14(21(26)24-12-15-6-5-7-17(10-15)30-2)22(27)25-20(23(28)29)11-16-13-31-19-9-4-3-8-18(16)19/h3-10,13-14,20,28-29H,11-12H2,1-2H3,(H,24,26)(H,25,27). The molecule has 0 aliphatic carbocycles. The van der Waals surface area contributed by atoms with Gasteiger partial charge in [-0.1, -0.05) is 30.3 Å². The topological polar surface area (TPSA) is 121 Å². The molecule has 2 amide bonds. The average Bonchev–Trinajstić information content (AvgIpc) is 3.19. The third-order valence-electron chi connectivity index (χ3n) is 5.08. The van der Waals surface area contributed by atoms with Gasteiger partial charge in [-0.3, -0.25) is 9.59 Å². The van der Waals surface area contributed by atoms with Crippen LogP contribution in [0.4, 0.5) is 0 Å². The van der Waals surface area contributed by atoms with E-state index in [0.29, 0.717) is 11.3 Å². The number of carbonyl (C=O) groups excluding carboxylic acids is 2. The summed E-state index contributed by atoms with van der Waals surface area (Å²) in [5.41, 5.74) is 2.22. The zero-order chi connectivity index (χ0) is 22.4. The van der Waals surface area contributed by atoms with E-state index in [2.05, 4.69) is 10.6 Å². The molecule has 2 aromatic carbocycles. The molecule has 1 heterocycles. The minimum Gasteiger partial charge on any atom is -0.497 e. The molecule has 162 valence electrons. The first kappa shape index (κ1) is 22.4. The predicted octanol–water partition coefficient (Wildman–Crippen LogP) is 1.43. The fraction of sp³-hybridized carbons (Fsp3) is 0.273. The third kappa shape index (κ3) is 5.65. The lowest BCUT2D eigenvalue weighted by Crippen LogP contribution is -2.51. The average molecular weight is 424 g/mol. The molecule has 31 heavy (non-hydrogen) atoms. The molecule has 8 nitrogen and oxygen atoms in total. The van der Waals surface area contributed by atoms with Crippen LogP contribution in [0.3, 0.4) is 0 Å². The molecule has 2 atom stereocenters. The van der Waals surface area contributed by atoms with E-state index in [1.807, 2.05) is 30.3 Å². The first-order chi connectivity index (χ1) is 14.9. The molecule has 2 unspecified atom stereocenters. The minimum absolute atomic E-state index is 0.137. The van der Waals surface area contributed by atoms with Crippen LogP contribution in [-0.2, 0) is 22.6 Å². The van der Waals surface area contributed by atoms with Gasteiger partial charge in [0, 0.05) is 11.9 Å². The molecule has 0 saturated heterocycles. The molecular weight excluding hydrogens is 399 g/mol. The van der Waals surface area contributed by atoms with Crippen LogP contribution < -0.4 is 15.4 Å². The molecule has 0 spiro atoms. The summed E-state index contributed by atoms with van der Waals surface area (Å²) in [5.74, 6) is -2.42. The Hall–Kier alpha value is -3.30. The molecule has 0 aliphatic rings. The number of hydrogen-bond donors (Lipinski definition) is 4. The van der Waals surface area contributed by atoms with Gasteiger partial charge in [0.2, 0.25) is 11.8 Å². The molecular formula is C22H25BN2O6. The summed E-state index contributed by atoms with van der Waals surface area (Å²) >= 11 is 0. The van der Waals surface area contributed by atoms with Crippen molar-refractivity contribution >= 4 is 29.9 Å². The van der Waals surface area contributed by atoms with E-state index in [-0.39, 0.29) is 13.0 Å². The van der Waals surface area contributed by atoms with E-state index in [1.54, 1.807) is 25.3 Å². The minimum atomic E-state index is -1.80. The van der Waals surface area contributed by atoms with Crippen molar-refractivity contribution in [2.45, 2.75) is 25.8 Å². The zero-order valence-electron chi connectivity index (χ0n) is 17.4. The largest absolute Gasteiger partial charge is 0.497 e. The number of amides is 2. The lowest BCUT2D eigenvalue weighted by Gasteiger charge is -2.20. The first-order valence-electron chi connectivity index (χ1n) is 9.91. The van der Waals surface area contributed by atoms with E-state index in [0.717, 1.165) is 16.5 Å². The summed E-state index contributed by atoms with van der Waals surface area (Å²) < 4.78 is 10.6.